The number of hydrogen-bond acceptors (Lipinski definition) is 3. The van der Waals surface area contributed by atoms with Gasteiger partial charge in [0.25, 0.3) is 0 Å². The molecule has 0 aliphatic rings. The van der Waals surface area contributed by atoms with Crippen LogP contribution in [0.25, 0.3) is 5.69 Å². The van der Waals surface area contributed by atoms with Gasteiger partial charge in [-0.2, -0.15) is 15.0 Å². The van der Waals surface area contributed by atoms with Gasteiger partial charge in [0.05, 0.1) is 18.1 Å². The number of aromatic nitrogens is 3. The van der Waals surface area contributed by atoms with Crippen LogP contribution in [-0.4, -0.2) is 15.0 Å². The van der Waals surface area contributed by atoms with Gasteiger partial charge in [-0.3, -0.25) is 0 Å². The van der Waals surface area contributed by atoms with Gasteiger partial charge in [0.2, 0.25) is 0 Å². The zero-order valence-electron chi connectivity index (χ0n) is 7.31. The van der Waals surface area contributed by atoms with Crippen LogP contribution in [0.4, 0.5) is 5.69 Å². The van der Waals surface area contributed by atoms with Crippen LogP contribution in [0.2, 0.25) is 0 Å². The third-order valence-electron chi connectivity index (χ3n) is 1.98. The molecule has 0 aliphatic carbocycles. The maximum absolute atomic E-state index is 5.76. The second kappa shape index (κ2) is 2.90. The number of nitrogens with two attached hydrogens (primary N) is 1. The molecular formula is C9H10N4. The molecule has 0 spiro atoms. The molecule has 0 saturated carbocycles. The number of nitrogens with zero attached hydrogens (tertiary/aromatic N) is 3. The molecule has 0 atom stereocenters. The Morgan fingerprint density at radius 1 is 1.23 bits per heavy atom. The van der Waals surface area contributed by atoms with E-state index >= 15 is 0 Å². The van der Waals surface area contributed by atoms with Gasteiger partial charge in [-0.1, -0.05) is 6.07 Å². The molecule has 1 heterocycles. The third-order valence-corrected chi connectivity index (χ3v) is 1.98. The Bertz CT molecular complexity index is 406. The van der Waals surface area contributed by atoms with Crippen molar-refractivity contribution in [2.24, 2.45) is 0 Å². The quantitative estimate of drug-likeness (QED) is 0.660. The first-order valence-corrected chi connectivity index (χ1v) is 4.01. The minimum absolute atomic E-state index is 0.759. The number of hydrogen-bond donors (Lipinski definition) is 1. The van der Waals surface area contributed by atoms with Crippen molar-refractivity contribution < 1.29 is 0 Å². The molecule has 1 aromatic heterocycles. The molecule has 4 heteroatoms. The van der Waals surface area contributed by atoms with Gasteiger partial charge in [0.15, 0.2) is 0 Å². The molecule has 0 saturated heterocycles. The Morgan fingerprint density at radius 2 is 1.92 bits per heavy atom. The SMILES string of the molecule is Cc1c(N)cccc1-n1nccn1. The van der Waals surface area contributed by atoms with Crippen molar-refractivity contribution in [1.29, 1.82) is 0 Å². The van der Waals surface area contributed by atoms with Crippen LogP contribution in [0.15, 0.2) is 30.6 Å². The van der Waals surface area contributed by atoms with E-state index in [1.807, 2.05) is 25.1 Å². The van der Waals surface area contributed by atoms with Gasteiger partial charge in [-0.15, -0.1) is 0 Å². The Balaban J connectivity index is 2.59. The summed E-state index contributed by atoms with van der Waals surface area (Å²) in [6, 6.07) is 5.69. The van der Waals surface area contributed by atoms with Gasteiger partial charge in [0.1, 0.15) is 0 Å². The van der Waals surface area contributed by atoms with E-state index in [1.54, 1.807) is 17.2 Å². The fraction of sp³-hybridized carbons (Fsp3) is 0.111. The Labute approximate surface area is 76.0 Å². The molecule has 0 bridgehead atoms. The average molecular weight is 174 g/mol. The minimum Gasteiger partial charge on any atom is -0.398 e. The van der Waals surface area contributed by atoms with Crippen molar-refractivity contribution in [2.45, 2.75) is 6.92 Å². The van der Waals surface area contributed by atoms with Gasteiger partial charge < -0.3 is 5.73 Å². The topological polar surface area (TPSA) is 56.7 Å². The molecule has 0 aliphatic heterocycles. The van der Waals surface area contributed by atoms with E-state index in [2.05, 4.69) is 10.2 Å². The maximum Gasteiger partial charge on any atom is 0.0906 e. The van der Waals surface area contributed by atoms with E-state index in [1.165, 1.54) is 0 Å². The van der Waals surface area contributed by atoms with E-state index in [-0.39, 0.29) is 0 Å². The zero-order valence-corrected chi connectivity index (χ0v) is 7.31. The average Bonchev–Trinajstić information content (AvgIpc) is 2.62. The Hall–Kier alpha value is -1.84. The molecule has 4 nitrogen and oxygen atoms in total. The van der Waals surface area contributed by atoms with Crippen LogP contribution in [0.3, 0.4) is 0 Å². The molecule has 0 fully saturated rings. The van der Waals surface area contributed by atoms with E-state index < -0.39 is 0 Å². The largest absolute Gasteiger partial charge is 0.398 e. The first-order valence-electron chi connectivity index (χ1n) is 4.01. The summed E-state index contributed by atoms with van der Waals surface area (Å²) in [6.45, 7) is 1.95. The predicted octanol–water partition coefficient (Wildman–Crippen LogP) is 1.16. The highest BCUT2D eigenvalue weighted by atomic mass is 15.5. The van der Waals surface area contributed by atoms with E-state index in [9.17, 15) is 0 Å². The standard InChI is InChI=1S/C9H10N4/c1-7-8(10)3-2-4-9(7)13-11-5-6-12-13/h2-6H,10H2,1H3. The monoisotopic (exact) mass is 174 g/mol. The van der Waals surface area contributed by atoms with Crippen molar-refractivity contribution in [2.75, 3.05) is 5.73 Å². The summed E-state index contributed by atoms with van der Waals surface area (Å²) in [7, 11) is 0. The second-order valence-corrected chi connectivity index (χ2v) is 2.81. The third kappa shape index (κ3) is 1.26. The molecule has 13 heavy (non-hydrogen) atoms. The highest BCUT2D eigenvalue weighted by Crippen LogP contribution is 2.17. The summed E-state index contributed by atoms with van der Waals surface area (Å²) in [4.78, 5) is 1.56. The number of rotatable bonds is 1. The molecule has 66 valence electrons. The Kier molecular flexibility index (Phi) is 1.73. The first-order chi connectivity index (χ1) is 6.29. The summed E-state index contributed by atoms with van der Waals surface area (Å²) in [6.07, 6.45) is 3.28. The molecule has 0 unspecified atom stereocenters. The molecule has 1 aromatic carbocycles. The minimum atomic E-state index is 0.759. The lowest BCUT2D eigenvalue weighted by Gasteiger charge is -2.05. The number of anilines is 1. The lowest BCUT2D eigenvalue weighted by molar-refractivity contribution is 0.747. The molecule has 2 aromatic rings. The summed E-state index contributed by atoms with van der Waals surface area (Å²) in [5, 5.41) is 8.08. The van der Waals surface area contributed by atoms with E-state index in [0.29, 0.717) is 0 Å². The summed E-state index contributed by atoms with van der Waals surface area (Å²) < 4.78 is 0. The van der Waals surface area contributed by atoms with Crippen LogP contribution < -0.4 is 5.73 Å². The van der Waals surface area contributed by atoms with Gasteiger partial charge >= 0.3 is 0 Å². The van der Waals surface area contributed by atoms with E-state index in [4.69, 9.17) is 5.73 Å². The smallest absolute Gasteiger partial charge is 0.0906 e. The van der Waals surface area contributed by atoms with E-state index in [0.717, 1.165) is 16.9 Å². The first kappa shape index (κ1) is 7.79. The molecular weight excluding hydrogens is 164 g/mol. The molecule has 0 radical (unpaired) electrons. The lowest BCUT2D eigenvalue weighted by Crippen LogP contribution is -2.02. The predicted molar refractivity (Wildman–Crippen MR) is 50.5 cm³/mol. The highest BCUT2D eigenvalue weighted by Gasteiger charge is 2.03. The van der Waals surface area contributed by atoms with Crippen molar-refractivity contribution in [1.82, 2.24) is 15.0 Å². The van der Waals surface area contributed by atoms with Crippen LogP contribution in [0, 0.1) is 6.92 Å². The van der Waals surface area contributed by atoms with Crippen molar-refractivity contribution in [3.8, 4) is 5.69 Å². The van der Waals surface area contributed by atoms with Gasteiger partial charge in [-0.25, -0.2) is 0 Å². The van der Waals surface area contributed by atoms with Gasteiger partial charge in [0, 0.05) is 5.69 Å². The fourth-order valence-electron chi connectivity index (χ4n) is 1.20. The second-order valence-electron chi connectivity index (χ2n) is 2.81. The van der Waals surface area contributed by atoms with Crippen molar-refractivity contribution >= 4 is 5.69 Å². The zero-order chi connectivity index (χ0) is 9.26. The van der Waals surface area contributed by atoms with Crippen molar-refractivity contribution in [3.63, 3.8) is 0 Å². The number of nitrogen functional groups attached to an aromatic ring is 1. The normalized spacial score (nSPS) is 10.2. The molecule has 2 N–H and O–H groups in total. The molecule has 2 rings (SSSR count). The Morgan fingerprint density at radius 3 is 2.62 bits per heavy atom. The van der Waals surface area contributed by atoms with Crippen molar-refractivity contribution in [3.05, 3.63) is 36.2 Å². The summed E-state index contributed by atoms with van der Waals surface area (Å²) >= 11 is 0. The summed E-state index contributed by atoms with van der Waals surface area (Å²) in [5.74, 6) is 0. The van der Waals surface area contributed by atoms with Gasteiger partial charge in [-0.05, 0) is 24.6 Å². The highest BCUT2D eigenvalue weighted by molar-refractivity contribution is 5.55. The van der Waals surface area contributed by atoms with Crippen LogP contribution >= 0.6 is 0 Å². The van der Waals surface area contributed by atoms with Crippen LogP contribution in [0.1, 0.15) is 5.56 Å². The lowest BCUT2D eigenvalue weighted by atomic mass is 10.2. The maximum atomic E-state index is 5.76. The molecule has 0 amide bonds. The number of benzene rings is 1. The van der Waals surface area contributed by atoms with Crippen LogP contribution in [-0.2, 0) is 0 Å². The van der Waals surface area contributed by atoms with Crippen LogP contribution in [0.5, 0.6) is 0 Å². The summed E-state index contributed by atoms with van der Waals surface area (Å²) in [5.41, 5.74) is 8.44. The fourth-order valence-corrected chi connectivity index (χ4v) is 1.20.